The number of ketones is 1. The molecule has 2 aromatic rings. The Morgan fingerprint density at radius 1 is 1.08 bits per heavy atom. The maximum atomic E-state index is 12.2. The first-order valence-corrected chi connectivity index (χ1v) is 7.16. The van der Waals surface area contributed by atoms with E-state index in [2.05, 4.69) is 15.4 Å². The number of carbonyl (C=O) groups excluding carboxylic acids is 2. The molecular weight excluding hydrogens is 342 g/mol. The van der Waals surface area contributed by atoms with Crippen molar-refractivity contribution < 1.29 is 23.1 Å². The average Bonchev–Trinajstić information content (AvgIpc) is 2.49. The lowest BCUT2D eigenvalue weighted by atomic mass is 10.1. The molecule has 2 N–H and O–H groups in total. The number of hydrogen-bond acceptors (Lipinski definition) is 3. The molecule has 2 aromatic carbocycles. The number of halogens is 3. The van der Waals surface area contributed by atoms with Crippen LogP contribution >= 0.6 is 11.6 Å². The molecule has 126 valence electrons. The topological polar surface area (TPSA) is 67.4 Å². The molecule has 0 radical (unpaired) electrons. The van der Waals surface area contributed by atoms with Gasteiger partial charge in [-0.3, -0.25) is 4.79 Å². The molecule has 0 aromatic heterocycles. The van der Waals surface area contributed by atoms with Crippen molar-refractivity contribution in [1.29, 1.82) is 0 Å². The van der Waals surface area contributed by atoms with Gasteiger partial charge in [0.1, 0.15) is 5.75 Å². The van der Waals surface area contributed by atoms with Crippen LogP contribution in [-0.2, 0) is 0 Å². The van der Waals surface area contributed by atoms with Crippen molar-refractivity contribution in [3.05, 3.63) is 53.1 Å². The third kappa shape index (κ3) is 4.92. The van der Waals surface area contributed by atoms with E-state index in [0.29, 0.717) is 16.9 Å². The van der Waals surface area contributed by atoms with Crippen molar-refractivity contribution in [2.24, 2.45) is 0 Å². The fourth-order valence-electron chi connectivity index (χ4n) is 1.88. The second-order valence-electron chi connectivity index (χ2n) is 4.74. The normalized spacial score (nSPS) is 10.4. The first-order chi connectivity index (χ1) is 11.3. The van der Waals surface area contributed by atoms with Crippen LogP contribution in [0, 0.1) is 0 Å². The number of rotatable bonds is 5. The van der Waals surface area contributed by atoms with Crippen molar-refractivity contribution in [1.82, 2.24) is 0 Å². The quantitative estimate of drug-likeness (QED) is 0.759. The Bertz CT molecular complexity index is 769. The van der Waals surface area contributed by atoms with Gasteiger partial charge >= 0.3 is 12.6 Å². The monoisotopic (exact) mass is 354 g/mol. The van der Waals surface area contributed by atoms with E-state index in [9.17, 15) is 18.4 Å². The third-order valence-corrected chi connectivity index (χ3v) is 3.23. The van der Waals surface area contributed by atoms with E-state index >= 15 is 0 Å². The molecule has 0 fully saturated rings. The van der Waals surface area contributed by atoms with Gasteiger partial charge in [-0.05, 0) is 37.3 Å². The van der Waals surface area contributed by atoms with Crippen LogP contribution in [0.5, 0.6) is 5.75 Å². The van der Waals surface area contributed by atoms with E-state index in [1.54, 1.807) is 18.2 Å². The Morgan fingerprint density at radius 2 is 1.75 bits per heavy atom. The summed E-state index contributed by atoms with van der Waals surface area (Å²) in [6, 6.07) is 9.73. The van der Waals surface area contributed by atoms with Gasteiger partial charge in [-0.15, -0.1) is 0 Å². The number of alkyl halides is 2. The minimum atomic E-state index is -2.99. The Morgan fingerprint density at radius 3 is 2.33 bits per heavy atom. The summed E-state index contributed by atoms with van der Waals surface area (Å²) in [6.45, 7) is -1.57. The summed E-state index contributed by atoms with van der Waals surface area (Å²) in [4.78, 5) is 23.2. The fraction of sp³-hybridized carbons (Fsp3) is 0.125. The molecule has 2 rings (SSSR count). The minimum Gasteiger partial charge on any atom is -0.433 e. The maximum absolute atomic E-state index is 12.2. The van der Waals surface area contributed by atoms with Gasteiger partial charge in [0.15, 0.2) is 5.78 Å². The van der Waals surface area contributed by atoms with E-state index in [4.69, 9.17) is 11.6 Å². The molecule has 0 atom stereocenters. The van der Waals surface area contributed by atoms with Crippen LogP contribution in [0.2, 0.25) is 5.02 Å². The highest BCUT2D eigenvalue weighted by molar-refractivity contribution is 6.32. The van der Waals surface area contributed by atoms with Gasteiger partial charge < -0.3 is 15.4 Å². The lowest BCUT2D eigenvalue weighted by Gasteiger charge is -2.11. The van der Waals surface area contributed by atoms with Crippen LogP contribution in [0.15, 0.2) is 42.5 Å². The summed E-state index contributed by atoms with van der Waals surface area (Å²) in [5.74, 6) is -0.313. The Kier molecular flexibility index (Phi) is 5.70. The summed E-state index contributed by atoms with van der Waals surface area (Å²) in [5.41, 5.74) is 1.19. The summed E-state index contributed by atoms with van der Waals surface area (Å²) in [6.07, 6.45) is 0. The van der Waals surface area contributed by atoms with Crippen LogP contribution in [0.3, 0.4) is 0 Å². The molecule has 8 heteroatoms. The van der Waals surface area contributed by atoms with Crippen molar-refractivity contribution in [2.45, 2.75) is 13.5 Å². The summed E-state index contributed by atoms with van der Waals surface area (Å²) in [7, 11) is 0. The van der Waals surface area contributed by atoms with Gasteiger partial charge in [0.05, 0.1) is 5.02 Å². The molecule has 5 nitrogen and oxygen atoms in total. The Labute approximate surface area is 141 Å². The van der Waals surface area contributed by atoms with Crippen molar-refractivity contribution in [2.75, 3.05) is 10.6 Å². The predicted molar refractivity (Wildman–Crippen MR) is 87.2 cm³/mol. The SMILES string of the molecule is CC(=O)c1cccc(NC(=O)Nc2ccc(OC(F)F)c(Cl)c2)c1. The molecule has 0 saturated carbocycles. The number of Topliss-reactive ketones (excluding diaryl/α,β-unsaturated/α-hetero) is 1. The van der Waals surface area contributed by atoms with E-state index in [1.807, 2.05) is 0 Å². The van der Waals surface area contributed by atoms with Gasteiger partial charge in [-0.1, -0.05) is 23.7 Å². The van der Waals surface area contributed by atoms with Crippen LogP contribution in [0.25, 0.3) is 0 Å². The maximum Gasteiger partial charge on any atom is 0.387 e. The zero-order chi connectivity index (χ0) is 17.7. The van der Waals surface area contributed by atoms with Crippen molar-refractivity contribution in [3.63, 3.8) is 0 Å². The number of amides is 2. The second kappa shape index (κ2) is 7.74. The van der Waals surface area contributed by atoms with E-state index in [0.717, 1.165) is 0 Å². The number of anilines is 2. The van der Waals surface area contributed by atoms with E-state index in [1.165, 1.54) is 31.2 Å². The minimum absolute atomic E-state index is 0.0633. The molecule has 0 aliphatic carbocycles. The van der Waals surface area contributed by atoms with E-state index < -0.39 is 12.6 Å². The molecule has 24 heavy (non-hydrogen) atoms. The van der Waals surface area contributed by atoms with Crippen molar-refractivity contribution >= 4 is 34.8 Å². The predicted octanol–water partition coefficient (Wildman–Crippen LogP) is 4.79. The number of nitrogens with one attached hydrogen (secondary N) is 2. The van der Waals surface area contributed by atoms with Gasteiger partial charge in [-0.25, -0.2) is 4.79 Å². The fourth-order valence-corrected chi connectivity index (χ4v) is 2.10. The number of urea groups is 1. The molecule has 0 spiro atoms. The first-order valence-electron chi connectivity index (χ1n) is 6.78. The number of ether oxygens (including phenoxy) is 1. The van der Waals surface area contributed by atoms with Gasteiger partial charge in [0.25, 0.3) is 0 Å². The first kappa shape index (κ1) is 17.7. The summed E-state index contributed by atoms with van der Waals surface area (Å²) < 4.78 is 28.5. The van der Waals surface area contributed by atoms with Gasteiger partial charge in [-0.2, -0.15) is 8.78 Å². The molecule has 0 unspecified atom stereocenters. The molecule has 0 aliphatic heterocycles. The highest BCUT2D eigenvalue weighted by Gasteiger charge is 2.10. The summed E-state index contributed by atoms with van der Waals surface area (Å²) in [5, 5.41) is 4.99. The van der Waals surface area contributed by atoms with Crippen molar-refractivity contribution in [3.8, 4) is 5.75 Å². The van der Waals surface area contributed by atoms with Crippen LogP contribution in [0.4, 0.5) is 25.0 Å². The smallest absolute Gasteiger partial charge is 0.387 e. The largest absolute Gasteiger partial charge is 0.433 e. The lowest BCUT2D eigenvalue weighted by molar-refractivity contribution is -0.0497. The molecule has 0 saturated heterocycles. The number of carbonyl (C=O) groups is 2. The Hall–Kier alpha value is -2.67. The third-order valence-electron chi connectivity index (χ3n) is 2.93. The van der Waals surface area contributed by atoms with Crippen LogP contribution < -0.4 is 15.4 Å². The zero-order valence-electron chi connectivity index (χ0n) is 12.5. The van der Waals surface area contributed by atoms with Crippen LogP contribution in [0.1, 0.15) is 17.3 Å². The molecular formula is C16H13ClF2N2O3. The van der Waals surface area contributed by atoms with Crippen LogP contribution in [-0.4, -0.2) is 18.4 Å². The van der Waals surface area contributed by atoms with Gasteiger partial charge in [0.2, 0.25) is 0 Å². The number of hydrogen-bond donors (Lipinski definition) is 2. The highest BCUT2D eigenvalue weighted by atomic mass is 35.5. The second-order valence-corrected chi connectivity index (χ2v) is 5.15. The standard InChI is InChI=1S/C16H13ClF2N2O3/c1-9(22)10-3-2-4-11(7-10)20-16(23)21-12-5-6-14(13(17)8-12)24-15(18)19/h2-8,15H,1H3,(H2,20,21,23). The number of benzene rings is 2. The molecule has 0 bridgehead atoms. The van der Waals surface area contributed by atoms with Gasteiger partial charge in [0, 0.05) is 16.9 Å². The summed E-state index contributed by atoms with van der Waals surface area (Å²) >= 11 is 5.81. The zero-order valence-corrected chi connectivity index (χ0v) is 13.2. The van der Waals surface area contributed by atoms with E-state index in [-0.39, 0.29) is 16.6 Å². The lowest BCUT2D eigenvalue weighted by Crippen LogP contribution is -2.19. The Balaban J connectivity index is 2.03. The molecule has 0 aliphatic rings. The molecule has 2 amide bonds. The highest BCUT2D eigenvalue weighted by Crippen LogP contribution is 2.29. The molecule has 0 heterocycles. The average molecular weight is 355 g/mol.